The summed E-state index contributed by atoms with van der Waals surface area (Å²) in [6.07, 6.45) is 2.72. The number of amides is 1. The van der Waals surface area contributed by atoms with Crippen LogP contribution in [-0.4, -0.2) is 20.9 Å². The second-order valence-electron chi connectivity index (χ2n) is 8.05. The summed E-state index contributed by atoms with van der Waals surface area (Å²) in [5.41, 5.74) is 5.95. The predicted molar refractivity (Wildman–Crippen MR) is 111 cm³/mol. The predicted octanol–water partition coefficient (Wildman–Crippen LogP) is 4.02. The molecule has 0 bridgehead atoms. The van der Waals surface area contributed by atoms with Crippen molar-refractivity contribution in [1.29, 1.82) is 0 Å². The maximum atomic E-state index is 13.1. The second kappa shape index (κ2) is 6.62. The third kappa shape index (κ3) is 3.20. The number of benzene rings is 2. The normalized spacial score (nSPS) is 16.2. The summed E-state index contributed by atoms with van der Waals surface area (Å²) in [5, 5.41) is 0. The summed E-state index contributed by atoms with van der Waals surface area (Å²) in [6.45, 7) is 8.24. The molecular formula is C22H26N2O3S. The van der Waals surface area contributed by atoms with E-state index in [-0.39, 0.29) is 11.8 Å². The van der Waals surface area contributed by atoms with Crippen LogP contribution in [-0.2, 0) is 21.2 Å². The largest absolute Gasteiger partial charge is 0.312 e. The van der Waals surface area contributed by atoms with Crippen molar-refractivity contribution in [3.05, 3.63) is 52.1 Å². The van der Waals surface area contributed by atoms with Crippen LogP contribution >= 0.6 is 0 Å². The van der Waals surface area contributed by atoms with Gasteiger partial charge in [-0.15, -0.1) is 0 Å². The lowest BCUT2D eigenvalue weighted by atomic mass is 10.0. The lowest BCUT2D eigenvalue weighted by Gasteiger charge is -2.18. The fourth-order valence-corrected chi connectivity index (χ4v) is 5.70. The summed E-state index contributed by atoms with van der Waals surface area (Å²) in [4.78, 5) is 14.6. The molecule has 5 nitrogen and oxygen atoms in total. The Balaban J connectivity index is 1.65. The van der Waals surface area contributed by atoms with Crippen molar-refractivity contribution in [3.8, 4) is 0 Å². The standard InChI is InChI=1S/C22H26N2O3S/c1-13-11-14(2)16(4)21(15(13)3)28(26,27)23-19-7-8-20-18(12-19)9-10-24(20)22(25)17-5-6-17/h7-8,11-12,17,23H,5-6,9-10H2,1-4H3. The van der Waals surface area contributed by atoms with Gasteiger partial charge in [0.1, 0.15) is 0 Å². The minimum atomic E-state index is -3.70. The topological polar surface area (TPSA) is 66.5 Å². The van der Waals surface area contributed by atoms with Gasteiger partial charge < -0.3 is 4.90 Å². The molecule has 28 heavy (non-hydrogen) atoms. The number of aryl methyl sites for hydroxylation is 2. The number of hydrogen-bond donors (Lipinski definition) is 1. The Labute approximate surface area is 166 Å². The van der Waals surface area contributed by atoms with E-state index in [1.165, 1.54) is 0 Å². The third-order valence-electron chi connectivity index (χ3n) is 5.99. The van der Waals surface area contributed by atoms with Crippen LogP contribution in [0.2, 0.25) is 0 Å². The molecule has 1 aliphatic heterocycles. The van der Waals surface area contributed by atoms with Gasteiger partial charge in [0.05, 0.1) is 4.90 Å². The van der Waals surface area contributed by atoms with Crippen molar-refractivity contribution in [1.82, 2.24) is 0 Å². The van der Waals surface area contributed by atoms with Crippen molar-refractivity contribution in [3.63, 3.8) is 0 Å². The zero-order valence-electron chi connectivity index (χ0n) is 16.8. The van der Waals surface area contributed by atoms with Gasteiger partial charge in [-0.1, -0.05) is 6.07 Å². The molecule has 2 aromatic carbocycles. The summed E-state index contributed by atoms with van der Waals surface area (Å²) in [7, 11) is -3.70. The van der Waals surface area contributed by atoms with Crippen LogP contribution in [0.1, 0.15) is 40.7 Å². The molecule has 0 aromatic heterocycles. The number of fused-ring (bicyclic) bond motifs is 1. The van der Waals surface area contributed by atoms with Gasteiger partial charge in [-0.25, -0.2) is 8.42 Å². The van der Waals surface area contributed by atoms with Gasteiger partial charge in [0.15, 0.2) is 0 Å². The molecule has 148 valence electrons. The summed E-state index contributed by atoms with van der Waals surface area (Å²) < 4.78 is 29.0. The molecule has 0 radical (unpaired) electrons. The van der Waals surface area contributed by atoms with Gasteiger partial charge in [0.25, 0.3) is 10.0 Å². The minimum Gasteiger partial charge on any atom is -0.312 e. The fourth-order valence-electron chi connectivity index (χ4n) is 4.03. The van der Waals surface area contributed by atoms with Crippen molar-refractivity contribution >= 4 is 27.3 Å². The highest BCUT2D eigenvalue weighted by Gasteiger charge is 2.36. The lowest BCUT2D eigenvalue weighted by Crippen LogP contribution is -2.30. The van der Waals surface area contributed by atoms with Crippen molar-refractivity contribution in [2.45, 2.75) is 51.9 Å². The molecule has 1 fully saturated rings. The second-order valence-corrected chi connectivity index (χ2v) is 9.67. The maximum absolute atomic E-state index is 13.1. The van der Waals surface area contributed by atoms with Gasteiger partial charge >= 0.3 is 0 Å². The Morgan fingerprint density at radius 1 is 1.04 bits per heavy atom. The summed E-state index contributed by atoms with van der Waals surface area (Å²) in [5.74, 6) is 0.383. The quantitative estimate of drug-likeness (QED) is 0.846. The van der Waals surface area contributed by atoms with E-state index in [0.29, 0.717) is 17.1 Å². The molecule has 2 aromatic rings. The molecular weight excluding hydrogens is 372 g/mol. The van der Waals surface area contributed by atoms with Crippen LogP contribution in [0, 0.1) is 33.6 Å². The number of anilines is 2. The van der Waals surface area contributed by atoms with Gasteiger partial charge in [-0.2, -0.15) is 0 Å². The molecule has 0 atom stereocenters. The van der Waals surface area contributed by atoms with Crippen molar-refractivity contribution in [2.24, 2.45) is 5.92 Å². The summed E-state index contributed by atoms with van der Waals surface area (Å²) >= 11 is 0. The molecule has 1 saturated carbocycles. The molecule has 0 unspecified atom stereocenters. The zero-order valence-corrected chi connectivity index (χ0v) is 17.6. The van der Waals surface area contributed by atoms with E-state index in [4.69, 9.17) is 0 Å². The average Bonchev–Trinajstić information content (AvgIpc) is 3.39. The first-order chi connectivity index (χ1) is 13.2. The smallest absolute Gasteiger partial charge is 0.262 e. The molecule has 6 heteroatoms. The maximum Gasteiger partial charge on any atom is 0.262 e. The highest BCUT2D eigenvalue weighted by Crippen LogP contribution is 2.37. The molecule has 0 saturated heterocycles. The van der Waals surface area contributed by atoms with Gasteiger partial charge in [0.2, 0.25) is 5.91 Å². The Hall–Kier alpha value is -2.34. The minimum absolute atomic E-state index is 0.180. The number of nitrogens with one attached hydrogen (secondary N) is 1. The van der Waals surface area contributed by atoms with Gasteiger partial charge in [-0.3, -0.25) is 9.52 Å². The Bertz CT molecular complexity index is 1060. The number of carbonyl (C=O) groups excluding carboxylic acids is 1. The van der Waals surface area contributed by atoms with Crippen LogP contribution in [0.5, 0.6) is 0 Å². The van der Waals surface area contributed by atoms with E-state index in [9.17, 15) is 13.2 Å². The first kappa shape index (κ1) is 19.0. The van der Waals surface area contributed by atoms with E-state index >= 15 is 0 Å². The van der Waals surface area contributed by atoms with Crippen LogP contribution in [0.4, 0.5) is 11.4 Å². The first-order valence-electron chi connectivity index (χ1n) is 9.73. The molecule has 4 rings (SSSR count). The third-order valence-corrected chi connectivity index (χ3v) is 7.64. The fraction of sp³-hybridized carbons (Fsp3) is 0.409. The molecule has 1 amide bonds. The lowest BCUT2D eigenvalue weighted by molar-refractivity contribution is -0.119. The van der Waals surface area contributed by atoms with Crippen molar-refractivity contribution in [2.75, 3.05) is 16.2 Å². The van der Waals surface area contributed by atoms with Crippen molar-refractivity contribution < 1.29 is 13.2 Å². The number of hydrogen-bond acceptors (Lipinski definition) is 3. The van der Waals surface area contributed by atoms with E-state index < -0.39 is 10.0 Å². The highest BCUT2D eigenvalue weighted by atomic mass is 32.2. The number of rotatable bonds is 4. The Kier molecular flexibility index (Phi) is 4.49. The molecule has 1 N–H and O–H groups in total. The van der Waals surface area contributed by atoms with E-state index in [0.717, 1.165) is 52.8 Å². The van der Waals surface area contributed by atoms with Gasteiger partial charge in [-0.05, 0) is 93.0 Å². The van der Waals surface area contributed by atoms with E-state index in [1.807, 2.05) is 50.8 Å². The van der Waals surface area contributed by atoms with Crippen LogP contribution in [0.3, 0.4) is 0 Å². The van der Waals surface area contributed by atoms with E-state index in [1.54, 1.807) is 6.07 Å². The number of sulfonamides is 1. The molecule has 1 heterocycles. The zero-order chi connectivity index (χ0) is 20.2. The highest BCUT2D eigenvalue weighted by molar-refractivity contribution is 7.92. The van der Waals surface area contributed by atoms with Gasteiger partial charge in [0, 0.05) is 23.8 Å². The monoisotopic (exact) mass is 398 g/mol. The number of nitrogens with zero attached hydrogens (tertiary/aromatic N) is 1. The van der Waals surface area contributed by atoms with E-state index in [2.05, 4.69) is 4.72 Å². The average molecular weight is 399 g/mol. The Morgan fingerprint density at radius 3 is 2.29 bits per heavy atom. The van der Waals surface area contributed by atoms with Crippen LogP contribution in [0.15, 0.2) is 29.2 Å². The van der Waals surface area contributed by atoms with Crippen LogP contribution in [0.25, 0.3) is 0 Å². The molecule has 1 aliphatic carbocycles. The SMILES string of the molecule is Cc1cc(C)c(C)c(S(=O)(=O)Nc2ccc3c(c2)CCN3C(=O)C2CC2)c1C. The number of carbonyl (C=O) groups is 1. The summed E-state index contributed by atoms with van der Waals surface area (Å²) in [6, 6.07) is 7.49. The molecule has 0 spiro atoms. The Morgan fingerprint density at radius 2 is 1.68 bits per heavy atom. The van der Waals surface area contributed by atoms with Crippen LogP contribution < -0.4 is 9.62 Å². The molecule has 2 aliphatic rings. The first-order valence-corrected chi connectivity index (χ1v) is 11.2.